The Morgan fingerprint density at radius 3 is 2.92 bits per heavy atom. The highest BCUT2D eigenvalue weighted by molar-refractivity contribution is 7.13. The van der Waals surface area contributed by atoms with Gasteiger partial charge in [0.05, 0.1) is 17.0 Å². The molecule has 0 bridgehead atoms. The summed E-state index contributed by atoms with van der Waals surface area (Å²) in [6.07, 6.45) is 1.39. The van der Waals surface area contributed by atoms with Crippen LogP contribution >= 0.6 is 11.3 Å². The van der Waals surface area contributed by atoms with Gasteiger partial charge < -0.3 is 9.32 Å². The zero-order valence-electron chi connectivity index (χ0n) is 14.1. The Morgan fingerprint density at radius 2 is 2.15 bits per heavy atom. The summed E-state index contributed by atoms with van der Waals surface area (Å²) in [7, 11) is 0. The van der Waals surface area contributed by atoms with Crippen molar-refractivity contribution in [1.29, 1.82) is 0 Å². The molecule has 0 N–H and O–H groups in total. The molecule has 2 aromatic heterocycles. The normalized spacial score (nSPS) is 13.7. The van der Waals surface area contributed by atoms with Gasteiger partial charge in [0, 0.05) is 18.3 Å². The summed E-state index contributed by atoms with van der Waals surface area (Å²) in [5.41, 5.74) is 1.66. The van der Waals surface area contributed by atoms with Crippen molar-refractivity contribution in [1.82, 2.24) is 4.98 Å². The Kier molecular flexibility index (Phi) is 4.32. The van der Waals surface area contributed by atoms with Crippen LogP contribution in [0.15, 0.2) is 34.1 Å². The molecule has 0 spiro atoms. The van der Waals surface area contributed by atoms with Crippen LogP contribution in [0, 0.1) is 18.6 Å². The standard InChI is InChI=1S/C19H16F2N2O2S/c1-11-15(22-19(25-11)17-5-3-7-26-17)10-18(24)23-6-2-4-12-8-13(20)14(21)9-16(12)23/h3,5,7-9H,2,4,6,10H2,1H3. The van der Waals surface area contributed by atoms with E-state index in [0.717, 1.165) is 10.9 Å². The number of aryl methyl sites for hydroxylation is 2. The molecule has 3 heterocycles. The molecular weight excluding hydrogens is 358 g/mol. The van der Waals surface area contributed by atoms with E-state index < -0.39 is 11.6 Å². The summed E-state index contributed by atoms with van der Waals surface area (Å²) in [5.74, 6) is -0.949. The van der Waals surface area contributed by atoms with E-state index in [1.165, 1.54) is 22.3 Å². The Hall–Kier alpha value is -2.54. The largest absolute Gasteiger partial charge is 0.440 e. The molecule has 1 aromatic carbocycles. The molecule has 0 atom stereocenters. The van der Waals surface area contributed by atoms with Crippen molar-refractivity contribution < 1.29 is 18.0 Å². The van der Waals surface area contributed by atoms with Gasteiger partial charge >= 0.3 is 0 Å². The summed E-state index contributed by atoms with van der Waals surface area (Å²) >= 11 is 1.51. The van der Waals surface area contributed by atoms with Crippen molar-refractivity contribution in [2.45, 2.75) is 26.2 Å². The lowest BCUT2D eigenvalue weighted by molar-refractivity contribution is -0.118. The maximum absolute atomic E-state index is 13.7. The van der Waals surface area contributed by atoms with Gasteiger partial charge in [-0.2, -0.15) is 0 Å². The molecule has 0 saturated heterocycles. The van der Waals surface area contributed by atoms with Crippen LogP contribution in [0.3, 0.4) is 0 Å². The van der Waals surface area contributed by atoms with E-state index >= 15 is 0 Å². The van der Waals surface area contributed by atoms with Gasteiger partial charge in [-0.1, -0.05) is 6.07 Å². The topological polar surface area (TPSA) is 46.3 Å². The minimum Gasteiger partial charge on any atom is -0.440 e. The molecule has 0 fully saturated rings. The molecule has 0 radical (unpaired) electrons. The lowest BCUT2D eigenvalue weighted by Gasteiger charge is -2.29. The fraction of sp³-hybridized carbons (Fsp3) is 0.263. The zero-order chi connectivity index (χ0) is 18.3. The number of halogens is 2. The molecule has 1 aliphatic heterocycles. The number of hydrogen-bond donors (Lipinski definition) is 0. The van der Waals surface area contributed by atoms with E-state index in [2.05, 4.69) is 4.98 Å². The minimum absolute atomic E-state index is 0.0547. The predicted molar refractivity (Wildman–Crippen MR) is 95.3 cm³/mol. The van der Waals surface area contributed by atoms with Crippen LogP contribution in [-0.4, -0.2) is 17.4 Å². The van der Waals surface area contributed by atoms with Crippen LogP contribution in [0.4, 0.5) is 14.5 Å². The minimum atomic E-state index is -0.943. The fourth-order valence-electron chi connectivity index (χ4n) is 3.17. The van der Waals surface area contributed by atoms with Gasteiger partial charge in [0.25, 0.3) is 0 Å². The van der Waals surface area contributed by atoms with Crippen LogP contribution in [-0.2, 0) is 17.6 Å². The van der Waals surface area contributed by atoms with E-state index in [9.17, 15) is 13.6 Å². The van der Waals surface area contributed by atoms with Crippen LogP contribution in [0.2, 0.25) is 0 Å². The second-order valence-corrected chi connectivity index (χ2v) is 7.17. The van der Waals surface area contributed by atoms with E-state index in [1.54, 1.807) is 6.92 Å². The van der Waals surface area contributed by atoms with Crippen molar-refractivity contribution in [3.63, 3.8) is 0 Å². The van der Waals surface area contributed by atoms with Crippen molar-refractivity contribution in [2.75, 3.05) is 11.4 Å². The van der Waals surface area contributed by atoms with Crippen LogP contribution in [0.1, 0.15) is 23.4 Å². The van der Waals surface area contributed by atoms with E-state index in [0.29, 0.717) is 48.0 Å². The molecule has 1 amide bonds. The average Bonchev–Trinajstić information content (AvgIpc) is 3.26. The van der Waals surface area contributed by atoms with Gasteiger partial charge in [0.15, 0.2) is 11.6 Å². The van der Waals surface area contributed by atoms with E-state index in [-0.39, 0.29) is 12.3 Å². The molecule has 3 aromatic rings. The summed E-state index contributed by atoms with van der Waals surface area (Å²) in [6.45, 7) is 2.25. The van der Waals surface area contributed by atoms with E-state index in [4.69, 9.17) is 4.42 Å². The van der Waals surface area contributed by atoms with Crippen LogP contribution in [0.5, 0.6) is 0 Å². The molecule has 26 heavy (non-hydrogen) atoms. The van der Waals surface area contributed by atoms with Gasteiger partial charge in [0.1, 0.15) is 5.76 Å². The first kappa shape index (κ1) is 16.9. The maximum Gasteiger partial charge on any atom is 0.236 e. The van der Waals surface area contributed by atoms with Crippen molar-refractivity contribution in [2.24, 2.45) is 0 Å². The number of fused-ring (bicyclic) bond motifs is 1. The number of rotatable bonds is 3. The van der Waals surface area contributed by atoms with Crippen molar-refractivity contribution >= 4 is 22.9 Å². The summed E-state index contributed by atoms with van der Waals surface area (Å²) in [4.78, 5) is 19.7. The van der Waals surface area contributed by atoms with Gasteiger partial charge in [-0.25, -0.2) is 13.8 Å². The zero-order valence-corrected chi connectivity index (χ0v) is 14.9. The second kappa shape index (κ2) is 6.64. The summed E-state index contributed by atoms with van der Waals surface area (Å²) < 4.78 is 32.8. The SMILES string of the molecule is Cc1oc(-c2cccs2)nc1CC(=O)N1CCCc2cc(F)c(F)cc21. The van der Waals surface area contributed by atoms with Gasteiger partial charge in [-0.15, -0.1) is 11.3 Å². The lowest BCUT2D eigenvalue weighted by Crippen LogP contribution is -2.37. The second-order valence-electron chi connectivity index (χ2n) is 6.22. The average molecular weight is 374 g/mol. The molecule has 0 unspecified atom stereocenters. The highest BCUT2D eigenvalue weighted by Crippen LogP contribution is 2.31. The number of carbonyl (C=O) groups is 1. The van der Waals surface area contributed by atoms with Crippen molar-refractivity contribution in [3.8, 4) is 10.8 Å². The lowest BCUT2D eigenvalue weighted by atomic mass is 10.0. The highest BCUT2D eigenvalue weighted by atomic mass is 32.1. The van der Waals surface area contributed by atoms with Gasteiger partial charge in [0.2, 0.25) is 11.8 Å². The van der Waals surface area contributed by atoms with Crippen LogP contribution in [0.25, 0.3) is 10.8 Å². The number of anilines is 1. The number of carbonyl (C=O) groups excluding carboxylic acids is 1. The number of oxazole rings is 1. The Balaban J connectivity index is 1.60. The third kappa shape index (κ3) is 3.03. The maximum atomic E-state index is 13.7. The molecular formula is C19H16F2N2O2S. The van der Waals surface area contributed by atoms with Gasteiger partial charge in [-0.05, 0) is 42.8 Å². The predicted octanol–water partition coefficient (Wildman–Crippen LogP) is 4.51. The first-order valence-corrected chi connectivity index (χ1v) is 9.19. The van der Waals surface area contributed by atoms with Crippen LogP contribution < -0.4 is 4.90 Å². The number of hydrogen-bond acceptors (Lipinski definition) is 4. The Morgan fingerprint density at radius 1 is 1.35 bits per heavy atom. The molecule has 4 nitrogen and oxygen atoms in total. The summed E-state index contributed by atoms with van der Waals surface area (Å²) in [6, 6.07) is 6.09. The molecule has 0 saturated carbocycles. The molecule has 7 heteroatoms. The fourth-order valence-corrected chi connectivity index (χ4v) is 3.82. The van der Waals surface area contributed by atoms with Crippen molar-refractivity contribution in [3.05, 3.63) is 58.3 Å². The van der Waals surface area contributed by atoms with E-state index in [1.807, 2.05) is 17.5 Å². The first-order chi connectivity index (χ1) is 12.5. The molecule has 1 aliphatic rings. The highest BCUT2D eigenvalue weighted by Gasteiger charge is 2.26. The molecule has 134 valence electrons. The molecule has 4 rings (SSSR count). The Labute approximate surface area is 153 Å². The summed E-state index contributed by atoms with van der Waals surface area (Å²) in [5, 5.41) is 1.93. The Bertz CT molecular complexity index is 966. The number of benzene rings is 1. The quantitative estimate of drug-likeness (QED) is 0.678. The first-order valence-electron chi connectivity index (χ1n) is 8.31. The van der Waals surface area contributed by atoms with Gasteiger partial charge in [-0.3, -0.25) is 4.79 Å². The number of aromatic nitrogens is 1. The third-order valence-corrected chi connectivity index (χ3v) is 5.34. The third-order valence-electron chi connectivity index (χ3n) is 4.48. The number of amides is 1. The number of thiophene rings is 1. The monoisotopic (exact) mass is 374 g/mol. The smallest absolute Gasteiger partial charge is 0.236 e. The number of nitrogens with zero attached hydrogens (tertiary/aromatic N) is 2. The molecule has 0 aliphatic carbocycles.